The molecule has 32 heavy (non-hydrogen) atoms. The zero-order valence-electron chi connectivity index (χ0n) is 18.1. The Morgan fingerprint density at radius 3 is 2.19 bits per heavy atom. The standard InChI is InChI=1S/C21H25N3O7S/c1-21(2,3)31-14-9-11-15(12-10-14)32(28,29)24-17-8-6-5-7-16(17)23(20(26)30-4)13-18(24)19(25)22-27/h5-12,18,27H,13H2,1-4H3,(H,22,25). The number of ether oxygens (including phenoxy) is 2. The molecule has 3 rings (SSSR count). The lowest BCUT2D eigenvalue weighted by Crippen LogP contribution is -2.58. The molecule has 0 spiro atoms. The lowest BCUT2D eigenvalue weighted by Gasteiger charge is -2.40. The fourth-order valence-electron chi connectivity index (χ4n) is 3.38. The van der Waals surface area contributed by atoms with Gasteiger partial charge in [-0.1, -0.05) is 12.1 Å². The number of carbonyl (C=O) groups excluding carboxylic acids is 2. The first kappa shape index (κ1) is 23.4. The van der Waals surface area contributed by atoms with Crippen molar-refractivity contribution < 1.29 is 32.7 Å². The number of hydroxylamine groups is 1. The number of hydrogen-bond acceptors (Lipinski definition) is 7. The molecule has 2 N–H and O–H groups in total. The van der Waals surface area contributed by atoms with Crippen molar-refractivity contribution in [3.8, 4) is 5.75 Å². The van der Waals surface area contributed by atoms with Crippen molar-refractivity contribution in [2.24, 2.45) is 0 Å². The third kappa shape index (κ3) is 4.48. The Kier molecular flexibility index (Phi) is 6.33. The van der Waals surface area contributed by atoms with E-state index in [4.69, 9.17) is 9.47 Å². The smallest absolute Gasteiger partial charge is 0.414 e. The highest BCUT2D eigenvalue weighted by Gasteiger charge is 2.44. The average molecular weight is 464 g/mol. The van der Waals surface area contributed by atoms with E-state index in [0.29, 0.717) is 5.75 Å². The van der Waals surface area contributed by atoms with Gasteiger partial charge in [0.15, 0.2) is 0 Å². The van der Waals surface area contributed by atoms with Gasteiger partial charge in [-0.3, -0.25) is 14.9 Å². The van der Waals surface area contributed by atoms with E-state index >= 15 is 0 Å². The van der Waals surface area contributed by atoms with Crippen LogP contribution in [0.15, 0.2) is 53.4 Å². The number of methoxy groups -OCH3 is 1. The number of benzene rings is 2. The van der Waals surface area contributed by atoms with Crippen LogP contribution in [-0.2, 0) is 19.6 Å². The fraction of sp³-hybridized carbons (Fsp3) is 0.333. The van der Waals surface area contributed by atoms with Crippen LogP contribution in [0.4, 0.5) is 16.2 Å². The zero-order chi connectivity index (χ0) is 23.7. The molecule has 11 heteroatoms. The van der Waals surface area contributed by atoms with Crippen molar-refractivity contribution in [3.05, 3.63) is 48.5 Å². The lowest BCUT2D eigenvalue weighted by atomic mass is 10.1. The SMILES string of the molecule is COC(=O)N1CC(C(=O)NO)N(S(=O)(=O)c2ccc(OC(C)(C)C)cc2)c2ccccc21. The second-order valence-electron chi connectivity index (χ2n) is 8.05. The molecule has 0 aromatic heterocycles. The summed E-state index contributed by atoms with van der Waals surface area (Å²) in [4.78, 5) is 25.8. The van der Waals surface area contributed by atoms with Crippen molar-refractivity contribution in [2.75, 3.05) is 22.9 Å². The van der Waals surface area contributed by atoms with Crippen molar-refractivity contribution in [2.45, 2.75) is 37.3 Å². The number of carbonyl (C=O) groups is 2. The summed E-state index contributed by atoms with van der Waals surface area (Å²) in [5.41, 5.74) is 1.36. The number of anilines is 2. The number of amides is 2. The number of sulfonamides is 1. The number of hydrogen-bond donors (Lipinski definition) is 2. The predicted molar refractivity (Wildman–Crippen MR) is 116 cm³/mol. The van der Waals surface area contributed by atoms with Crippen LogP contribution in [0.3, 0.4) is 0 Å². The highest BCUT2D eigenvalue weighted by Crippen LogP contribution is 2.39. The topological polar surface area (TPSA) is 125 Å². The summed E-state index contributed by atoms with van der Waals surface area (Å²) in [5, 5.41) is 9.24. The van der Waals surface area contributed by atoms with Crippen LogP contribution in [0.5, 0.6) is 5.75 Å². The van der Waals surface area contributed by atoms with Gasteiger partial charge in [-0.15, -0.1) is 0 Å². The maximum atomic E-state index is 13.6. The molecule has 2 aromatic rings. The molecule has 0 saturated carbocycles. The number of fused-ring (bicyclic) bond motifs is 1. The molecule has 1 unspecified atom stereocenters. The van der Waals surface area contributed by atoms with Crippen molar-refractivity contribution in [1.82, 2.24) is 5.48 Å². The van der Waals surface area contributed by atoms with Crippen molar-refractivity contribution in [3.63, 3.8) is 0 Å². The summed E-state index contributed by atoms with van der Waals surface area (Å²) in [7, 11) is -3.09. The minimum atomic E-state index is -4.27. The molecule has 0 saturated heterocycles. The minimum absolute atomic E-state index is 0.0872. The number of nitrogens with zero attached hydrogens (tertiary/aromatic N) is 2. The van der Waals surface area contributed by atoms with Gasteiger partial charge < -0.3 is 9.47 Å². The number of nitrogens with one attached hydrogen (secondary N) is 1. The Hall–Kier alpha value is -3.31. The number of para-hydroxylation sites is 2. The van der Waals surface area contributed by atoms with Gasteiger partial charge in [-0.05, 0) is 57.2 Å². The van der Waals surface area contributed by atoms with E-state index in [0.717, 1.165) is 9.21 Å². The Labute approximate surface area is 186 Å². The van der Waals surface area contributed by atoms with E-state index in [1.807, 2.05) is 20.8 Å². The molecule has 0 radical (unpaired) electrons. The van der Waals surface area contributed by atoms with Crippen LogP contribution in [0.1, 0.15) is 20.8 Å². The summed E-state index contributed by atoms with van der Waals surface area (Å²) in [5.74, 6) is -0.512. The van der Waals surface area contributed by atoms with E-state index < -0.39 is 33.7 Å². The van der Waals surface area contributed by atoms with Crippen LogP contribution in [-0.4, -0.2) is 50.9 Å². The lowest BCUT2D eigenvalue weighted by molar-refractivity contribution is -0.130. The molecule has 0 aliphatic carbocycles. The van der Waals surface area contributed by atoms with Gasteiger partial charge >= 0.3 is 6.09 Å². The Morgan fingerprint density at radius 2 is 1.66 bits per heavy atom. The van der Waals surface area contributed by atoms with Crippen molar-refractivity contribution >= 4 is 33.4 Å². The molecule has 2 aromatic carbocycles. The molecule has 1 aliphatic heterocycles. The van der Waals surface area contributed by atoms with Gasteiger partial charge in [-0.25, -0.2) is 23.0 Å². The molecule has 0 fully saturated rings. The van der Waals surface area contributed by atoms with Crippen LogP contribution >= 0.6 is 0 Å². The molecule has 1 atom stereocenters. The van der Waals surface area contributed by atoms with Crippen LogP contribution in [0.25, 0.3) is 0 Å². The van der Waals surface area contributed by atoms with E-state index in [1.54, 1.807) is 18.2 Å². The van der Waals surface area contributed by atoms with Crippen LogP contribution in [0, 0.1) is 0 Å². The van der Waals surface area contributed by atoms with E-state index in [-0.39, 0.29) is 22.8 Å². The Morgan fingerprint density at radius 1 is 1.06 bits per heavy atom. The molecular weight excluding hydrogens is 438 g/mol. The monoisotopic (exact) mass is 463 g/mol. The molecule has 0 bridgehead atoms. The third-order valence-corrected chi connectivity index (χ3v) is 6.50. The largest absolute Gasteiger partial charge is 0.488 e. The predicted octanol–water partition coefficient (Wildman–Crippen LogP) is 2.52. The highest BCUT2D eigenvalue weighted by molar-refractivity contribution is 7.93. The van der Waals surface area contributed by atoms with Gasteiger partial charge in [0.2, 0.25) is 0 Å². The first-order valence-corrected chi connectivity index (χ1v) is 11.2. The first-order chi connectivity index (χ1) is 15.0. The van der Waals surface area contributed by atoms with Crippen molar-refractivity contribution in [1.29, 1.82) is 0 Å². The summed E-state index contributed by atoms with van der Waals surface area (Å²) in [6.07, 6.45) is -0.770. The summed E-state index contributed by atoms with van der Waals surface area (Å²) in [6, 6.07) is 10.6. The van der Waals surface area contributed by atoms with E-state index in [1.165, 1.54) is 42.9 Å². The summed E-state index contributed by atoms with van der Waals surface area (Å²) >= 11 is 0. The Balaban J connectivity index is 2.11. The normalized spacial score (nSPS) is 16.2. The quantitative estimate of drug-likeness (QED) is 0.527. The molecule has 2 amide bonds. The summed E-state index contributed by atoms with van der Waals surface area (Å²) < 4.78 is 38.6. The molecule has 10 nitrogen and oxygen atoms in total. The van der Waals surface area contributed by atoms with Gasteiger partial charge in [-0.2, -0.15) is 0 Å². The van der Waals surface area contributed by atoms with Gasteiger partial charge in [0.1, 0.15) is 17.4 Å². The minimum Gasteiger partial charge on any atom is -0.488 e. The highest BCUT2D eigenvalue weighted by atomic mass is 32.2. The van der Waals surface area contributed by atoms with E-state index in [2.05, 4.69) is 0 Å². The molecule has 172 valence electrons. The molecule has 1 heterocycles. The van der Waals surface area contributed by atoms with E-state index in [9.17, 15) is 23.2 Å². The van der Waals surface area contributed by atoms with Gasteiger partial charge in [0.25, 0.3) is 15.9 Å². The fourth-order valence-corrected chi connectivity index (χ4v) is 5.00. The zero-order valence-corrected chi connectivity index (χ0v) is 18.9. The molecule has 1 aliphatic rings. The maximum Gasteiger partial charge on any atom is 0.414 e. The average Bonchev–Trinajstić information content (AvgIpc) is 2.76. The third-order valence-electron chi connectivity index (χ3n) is 4.66. The first-order valence-electron chi connectivity index (χ1n) is 9.71. The second-order valence-corrected chi connectivity index (χ2v) is 9.86. The van der Waals surface area contributed by atoms with Gasteiger partial charge in [0.05, 0.1) is 29.9 Å². The van der Waals surface area contributed by atoms with Crippen LogP contribution in [0.2, 0.25) is 0 Å². The number of rotatable bonds is 4. The Bertz CT molecular complexity index is 1110. The summed E-state index contributed by atoms with van der Waals surface area (Å²) in [6.45, 7) is 5.24. The van der Waals surface area contributed by atoms with Gasteiger partial charge in [0, 0.05) is 0 Å². The second kappa shape index (κ2) is 8.67. The van der Waals surface area contributed by atoms with Crippen LogP contribution < -0.4 is 19.4 Å². The maximum absolute atomic E-state index is 13.6. The molecular formula is C21H25N3O7S.